The van der Waals surface area contributed by atoms with Crippen molar-refractivity contribution in [3.8, 4) is 11.5 Å². The van der Waals surface area contributed by atoms with E-state index in [-0.39, 0.29) is 5.91 Å². The van der Waals surface area contributed by atoms with Crippen LogP contribution < -0.4 is 9.47 Å². The van der Waals surface area contributed by atoms with Crippen LogP contribution >= 0.6 is 39.9 Å². The summed E-state index contributed by atoms with van der Waals surface area (Å²) in [6.45, 7) is 0.897. The molecular weight excluding hydrogens is 436 g/mol. The smallest absolute Gasteiger partial charge is 0.259 e. The van der Waals surface area contributed by atoms with Crippen LogP contribution in [0.1, 0.15) is 5.56 Å². The molecule has 134 valence electrons. The molecule has 1 aliphatic rings. The van der Waals surface area contributed by atoms with Crippen molar-refractivity contribution < 1.29 is 14.3 Å². The first-order valence-corrected chi connectivity index (χ1v) is 9.95. The minimum absolute atomic E-state index is 0.0954. The van der Waals surface area contributed by atoms with Crippen LogP contribution in [0.5, 0.6) is 11.5 Å². The number of amides is 1. The third-order valence-electron chi connectivity index (χ3n) is 3.37. The summed E-state index contributed by atoms with van der Waals surface area (Å²) < 4.78 is 12.8. The van der Waals surface area contributed by atoms with Crippen LogP contribution in [0.25, 0.3) is 0 Å². The van der Waals surface area contributed by atoms with Crippen molar-refractivity contribution in [3.05, 3.63) is 58.6 Å². The highest BCUT2D eigenvalue weighted by Crippen LogP contribution is 2.20. The van der Waals surface area contributed by atoms with Crippen molar-refractivity contribution in [1.29, 1.82) is 0 Å². The van der Waals surface area contributed by atoms with E-state index in [1.807, 2.05) is 48.5 Å². The largest absolute Gasteiger partial charge is 0.490 e. The molecule has 1 aliphatic heterocycles. The first-order chi connectivity index (χ1) is 12.6. The van der Waals surface area contributed by atoms with Gasteiger partial charge in [0.1, 0.15) is 24.7 Å². The molecule has 26 heavy (non-hydrogen) atoms. The molecule has 0 aromatic heterocycles. The van der Waals surface area contributed by atoms with E-state index in [9.17, 15) is 4.79 Å². The van der Waals surface area contributed by atoms with Crippen LogP contribution in [0.15, 0.2) is 58.1 Å². The average molecular weight is 451 g/mol. The fourth-order valence-electron chi connectivity index (χ4n) is 2.08. The zero-order chi connectivity index (χ0) is 18.4. The average Bonchev–Trinajstić information content (AvgIpc) is 2.97. The molecule has 1 fully saturated rings. The number of hydrogen-bond acceptors (Lipinski definition) is 6. The standard InChI is InChI=1S/C18H15BrN2O3S2/c19-14-3-7-16(8-4-14)24-10-9-23-15-5-1-13(2-6-15)11-20-21-17(22)12-26-18(21)25/h1-8,11H,9-10,12H2/b20-11+. The number of benzene rings is 2. The lowest BCUT2D eigenvalue weighted by atomic mass is 10.2. The Morgan fingerprint density at radius 1 is 1.08 bits per heavy atom. The van der Waals surface area contributed by atoms with E-state index < -0.39 is 0 Å². The first-order valence-electron chi connectivity index (χ1n) is 7.77. The molecule has 8 heteroatoms. The number of carbonyl (C=O) groups is 1. The maximum atomic E-state index is 11.6. The van der Waals surface area contributed by atoms with Gasteiger partial charge in [0.2, 0.25) is 0 Å². The normalized spacial score (nSPS) is 14.3. The summed E-state index contributed by atoms with van der Waals surface area (Å²) in [4.78, 5) is 11.6. The van der Waals surface area contributed by atoms with Gasteiger partial charge in [-0.2, -0.15) is 10.1 Å². The summed E-state index contributed by atoms with van der Waals surface area (Å²) in [5, 5.41) is 5.39. The van der Waals surface area contributed by atoms with Gasteiger partial charge >= 0.3 is 0 Å². The van der Waals surface area contributed by atoms with Gasteiger partial charge in [-0.05, 0) is 54.1 Å². The predicted octanol–water partition coefficient (Wildman–Crippen LogP) is 4.10. The molecule has 2 aromatic carbocycles. The number of carbonyl (C=O) groups excluding carboxylic acids is 1. The van der Waals surface area contributed by atoms with Gasteiger partial charge in [0.05, 0.1) is 12.0 Å². The summed E-state index contributed by atoms with van der Waals surface area (Å²) in [6, 6.07) is 15.1. The summed E-state index contributed by atoms with van der Waals surface area (Å²) in [7, 11) is 0. The Bertz CT molecular complexity index is 794. The Kier molecular flexibility index (Phi) is 6.65. The molecule has 1 saturated heterocycles. The number of thioether (sulfide) groups is 1. The second kappa shape index (κ2) is 9.16. The van der Waals surface area contributed by atoms with Gasteiger partial charge in [0, 0.05) is 4.47 Å². The predicted molar refractivity (Wildman–Crippen MR) is 111 cm³/mol. The number of halogens is 1. The lowest BCUT2D eigenvalue weighted by Gasteiger charge is -2.09. The van der Waals surface area contributed by atoms with Crippen molar-refractivity contribution in [1.82, 2.24) is 5.01 Å². The Hall–Kier alpha value is -1.90. The number of thiocarbonyl (C=S) groups is 1. The molecule has 0 unspecified atom stereocenters. The summed E-state index contributed by atoms with van der Waals surface area (Å²) in [6.07, 6.45) is 1.61. The molecule has 1 amide bonds. The molecule has 0 atom stereocenters. The van der Waals surface area contributed by atoms with E-state index in [0.717, 1.165) is 21.5 Å². The van der Waals surface area contributed by atoms with E-state index in [4.69, 9.17) is 21.7 Å². The van der Waals surface area contributed by atoms with Crippen molar-refractivity contribution in [2.24, 2.45) is 5.10 Å². The molecule has 0 radical (unpaired) electrons. The number of nitrogens with zero attached hydrogens (tertiary/aromatic N) is 2. The molecule has 2 aromatic rings. The molecular formula is C18H15BrN2O3S2. The van der Waals surface area contributed by atoms with Crippen molar-refractivity contribution >= 4 is 56.4 Å². The molecule has 0 spiro atoms. The second-order valence-corrected chi connectivity index (χ2v) is 7.75. The quantitative estimate of drug-likeness (QED) is 0.361. The van der Waals surface area contributed by atoms with Crippen LogP contribution in [0, 0.1) is 0 Å². The second-order valence-electron chi connectivity index (χ2n) is 5.22. The fourth-order valence-corrected chi connectivity index (χ4v) is 3.31. The molecule has 3 rings (SSSR count). The number of hydrazone groups is 1. The third-order valence-corrected chi connectivity index (χ3v) is 5.23. The lowest BCUT2D eigenvalue weighted by molar-refractivity contribution is -0.123. The van der Waals surface area contributed by atoms with Gasteiger partial charge in [-0.3, -0.25) is 4.79 Å². The Morgan fingerprint density at radius 2 is 1.65 bits per heavy atom. The number of rotatable bonds is 7. The first kappa shape index (κ1) is 18.9. The van der Waals surface area contributed by atoms with E-state index in [2.05, 4.69) is 21.0 Å². The van der Waals surface area contributed by atoms with E-state index in [1.165, 1.54) is 16.8 Å². The highest BCUT2D eigenvalue weighted by molar-refractivity contribution is 9.10. The van der Waals surface area contributed by atoms with Crippen molar-refractivity contribution in [3.63, 3.8) is 0 Å². The Balaban J connectivity index is 1.44. The van der Waals surface area contributed by atoms with Gasteiger partial charge in [0.25, 0.3) is 5.91 Å². The molecule has 0 saturated carbocycles. The van der Waals surface area contributed by atoms with E-state index in [0.29, 0.717) is 23.3 Å². The number of ether oxygens (including phenoxy) is 2. The van der Waals surface area contributed by atoms with Crippen LogP contribution in [0.2, 0.25) is 0 Å². The summed E-state index contributed by atoms with van der Waals surface area (Å²) >= 11 is 9.78. The minimum atomic E-state index is -0.0954. The Labute approximate surface area is 169 Å². The topological polar surface area (TPSA) is 51.1 Å². The zero-order valence-corrected chi connectivity index (χ0v) is 16.9. The van der Waals surface area contributed by atoms with Crippen molar-refractivity contribution in [2.45, 2.75) is 0 Å². The molecule has 0 aliphatic carbocycles. The monoisotopic (exact) mass is 450 g/mol. The van der Waals surface area contributed by atoms with Gasteiger partial charge in [0.15, 0.2) is 4.32 Å². The SMILES string of the molecule is O=C1CSC(=S)N1/N=C/c1ccc(OCCOc2ccc(Br)cc2)cc1. The zero-order valence-electron chi connectivity index (χ0n) is 13.6. The van der Waals surface area contributed by atoms with Gasteiger partial charge in [-0.25, -0.2) is 0 Å². The highest BCUT2D eigenvalue weighted by Gasteiger charge is 2.25. The van der Waals surface area contributed by atoms with Gasteiger partial charge < -0.3 is 9.47 Å². The van der Waals surface area contributed by atoms with E-state index >= 15 is 0 Å². The van der Waals surface area contributed by atoms with Crippen LogP contribution in [0.3, 0.4) is 0 Å². The number of hydrogen-bond donors (Lipinski definition) is 0. The van der Waals surface area contributed by atoms with Gasteiger partial charge in [-0.15, -0.1) is 0 Å². The maximum Gasteiger partial charge on any atom is 0.259 e. The highest BCUT2D eigenvalue weighted by atomic mass is 79.9. The van der Waals surface area contributed by atoms with E-state index in [1.54, 1.807) is 6.21 Å². The Morgan fingerprint density at radius 3 is 2.19 bits per heavy atom. The van der Waals surface area contributed by atoms with Crippen molar-refractivity contribution in [2.75, 3.05) is 19.0 Å². The maximum absolute atomic E-state index is 11.6. The van der Waals surface area contributed by atoms with Crippen LogP contribution in [-0.4, -0.2) is 40.4 Å². The fraction of sp³-hybridized carbons (Fsp3) is 0.167. The minimum Gasteiger partial charge on any atom is -0.490 e. The van der Waals surface area contributed by atoms with Crippen LogP contribution in [0.4, 0.5) is 0 Å². The molecule has 0 N–H and O–H groups in total. The van der Waals surface area contributed by atoms with Crippen LogP contribution in [-0.2, 0) is 4.79 Å². The molecule has 1 heterocycles. The summed E-state index contributed by atoms with van der Waals surface area (Å²) in [5.41, 5.74) is 0.857. The lowest BCUT2D eigenvalue weighted by Crippen LogP contribution is -2.22. The summed E-state index contributed by atoms with van der Waals surface area (Å²) in [5.74, 6) is 1.80. The molecule has 5 nitrogen and oxygen atoms in total. The third kappa shape index (κ3) is 5.30. The van der Waals surface area contributed by atoms with Gasteiger partial charge in [-0.1, -0.05) is 39.9 Å². The molecule has 0 bridgehead atoms.